The molecule has 1 aromatic rings. The Labute approximate surface area is 111 Å². The SMILES string of the molecule is Cc1c([N+](=O)[O-])c(C(=O)N2CCCC[C@@H]2C)nn1C. The van der Waals surface area contributed by atoms with E-state index in [9.17, 15) is 14.9 Å². The number of likely N-dealkylation sites (tertiary alicyclic amines) is 1. The Bertz CT molecular complexity index is 523. The number of carbonyl (C=O) groups excluding carboxylic acids is 1. The van der Waals surface area contributed by atoms with Crippen molar-refractivity contribution in [3.05, 3.63) is 21.5 Å². The molecule has 1 fully saturated rings. The molecule has 1 aliphatic rings. The number of piperidine rings is 1. The molecule has 0 unspecified atom stereocenters. The third kappa shape index (κ3) is 2.32. The normalized spacial score (nSPS) is 19.5. The smallest absolute Gasteiger partial charge is 0.322 e. The summed E-state index contributed by atoms with van der Waals surface area (Å²) in [4.78, 5) is 24.7. The molecule has 1 amide bonds. The van der Waals surface area contributed by atoms with Crippen molar-refractivity contribution in [3.63, 3.8) is 0 Å². The summed E-state index contributed by atoms with van der Waals surface area (Å²) in [6.07, 6.45) is 2.97. The van der Waals surface area contributed by atoms with Crippen LogP contribution in [0.15, 0.2) is 0 Å². The minimum Gasteiger partial charge on any atom is -0.334 e. The minimum atomic E-state index is -0.524. The summed E-state index contributed by atoms with van der Waals surface area (Å²) in [5, 5.41) is 15.1. The van der Waals surface area contributed by atoms with Gasteiger partial charge in [0.15, 0.2) is 0 Å². The lowest BCUT2D eigenvalue weighted by atomic mass is 10.0. The summed E-state index contributed by atoms with van der Waals surface area (Å²) in [5.41, 5.74) is 0.182. The van der Waals surface area contributed by atoms with E-state index in [2.05, 4.69) is 5.10 Å². The molecule has 104 valence electrons. The average molecular weight is 266 g/mol. The lowest BCUT2D eigenvalue weighted by Crippen LogP contribution is -2.42. The lowest BCUT2D eigenvalue weighted by molar-refractivity contribution is -0.385. The fraction of sp³-hybridized carbons (Fsp3) is 0.667. The maximum atomic E-state index is 12.4. The number of aryl methyl sites for hydroxylation is 1. The number of rotatable bonds is 2. The molecule has 2 heterocycles. The third-order valence-corrected chi connectivity index (χ3v) is 3.75. The largest absolute Gasteiger partial charge is 0.334 e. The molecule has 1 aromatic heterocycles. The van der Waals surface area contributed by atoms with Crippen LogP contribution in [0.4, 0.5) is 5.69 Å². The van der Waals surface area contributed by atoms with Gasteiger partial charge in [-0.15, -0.1) is 0 Å². The van der Waals surface area contributed by atoms with E-state index in [0.29, 0.717) is 12.2 Å². The lowest BCUT2D eigenvalue weighted by Gasteiger charge is -2.32. The first-order valence-corrected chi connectivity index (χ1v) is 6.42. The van der Waals surface area contributed by atoms with E-state index < -0.39 is 4.92 Å². The molecule has 2 rings (SSSR count). The van der Waals surface area contributed by atoms with Crippen molar-refractivity contribution in [1.82, 2.24) is 14.7 Å². The van der Waals surface area contributed by atoms with Crippen molar-refractivity contribution in [2.24, 2.45) is 7.05 Å². The first-order chi connectivity index (χ1) is 8.93. The molecule has 19 heavy (non-hydrogen) atoms. The summed E-state index contributed by atoms with van der Waals surface area (Å²) in [5.74, 6) is -0.331. The van der Waals surface area contributed by atoms with Crippen LogP contribution in [0.1, 0.15) is 42.4 Å². The van der Waals surface area contributed by atoms with Gasteiger partial charge in [-0.1, -0.05) is 0 Å². The van der Waals surface area contributed by atoms with Crippen LogP contribution in [-0.4, -0.2) is 38.1 Å². The van der Waals surface area contributed by atoms with E-state index in [1.54, 1.807) is 18.9 Å². The second-order valence-electron chi connectivity index (χ2n) is 5.01. The van der Waals surface area contributed by atoms with Crippen LogP contribution >= 0.6 is 0 Å². The zero-order chi connectivity index (χ0) is 14.2. The van der Waals surface area contributed by atoms with Gasteiger partial charge in [0, 0.05) is 19.6 Å². The third-order valence-electron chi connectivity index (χ3n) is 3.75. The Morgan fingerprint density at radius 2 is 2.16 bits per heavy atom. The number of hydrogen-bond acceptors (Lipinski definition) is 4. The Hall–Kier alpha value is -1.92. The van der Waals surface area contributed by atoms with Crippen LogP contribution in [-0.2, 0) is 7.05 Å². The van der Waals surface area contributed by atoms with Crippen LogP contribution in [0.2, 0.25) is 0 Å². The van der Waals surface area contributed by atoms with E-state index >= 15 is 0 Å². The highest BCUT2D eigenvalue weighted by atomic mass is 16.6. The van der Waals surface area contributed by atoms with Crippen molar-refractivity contribution in [3.8, 4) is 0 Å². The van der Waals surface area contributed by atoms with Crippen LogP contribution < -0.4 is 0 Å². The van der Waals surface area contributed by atoms with Gasteiger partial charge in [0.05, 0.1) is 4.92 Å². The van der Waals surface area contributed by atoms with Gasteiger partial charge in [-0.25, -0.2) is 0 Å². The topological polar surface area (TPSA) is 81.3 Å². The molecule has 7 heteroatoms. The van der Waals surface area contributed by atoms with Gasteiger partial charge in [0.2, 0.25) is 5.69 Å². The fourth-order valence-electron chi connectivity index (χ4n) is 2.50. The summed E-state index contributed by atoms with van der Waals surface area (Å²) < 4.78 is 1.39. The maximum Gasteiger partial charge on any atom is 0.322 e. The summed E-state index contributed by atoms with van der Waals surface area (Å²) in [6, 6.07) is 0.114. The van der Waals surface area contributed by atoms with Crippen LogP contribution in [0, 0.1) is 17.0 Å². The predicted molar refractivity (Wildman–Crippen MR) is 68.9 cm³/mol. The monoisotopic (exact) mass is 266 g/mol. The molecule has 0 bridgehead atoms. The number of hydrogen-bond donors (Lipinski definition) is 0. The van der Waals surface area contributed by atoms with Crippen molar-refractivity contribution in [1.29, 1.82) is 0 Å². The number of nitrogens with zero attached hydrogens (tertiary/aromatic N) is 4. The van der Waals surface area contributed by atoms with Crippen LogP contribution in [0.25, 0.3) is 0 Å². The Morgan fingerprint density at radius 1 is 1.47 bits per heavy atom. The van der Waals surface area contributed by atoms with Gasteiger partial charge in [0.1, 0.15) is 5.69 Å². The molecule has 1 saturated heterocycles. The molecular weight excluding hydrogens is 248 g/mol. The number of nitro groups is 1. The second-order valence-corrected chi connectivity index (χ2v) is 5.01. The van der Waals surface area contributed by atoms with E-state index in [-0.39, 0.29) is 23.3 Å². The van der Waals surface area contributed by atoms with Gasteiger partial charge < -0.3 is 4.90 Å². The minimum absolute atomic E-state index is 0.0428. The second kappa shape index (κ2) is 4.99. The summed E-state index contributed by atoms with van der Waals surface area (Å²) >= 11 is 0. The van der Waals surface area contributed by atoms with Crippen molar-refractivity contribution in [2.45, 2.75) is 39.2 Å². The Morgan fingerprint density at radius 3 is 2.74 bits per heavy atom. The molecule has 1 aliphatic heterocycles. The van der Waals surface area contributed by atoms with Gasteiger partial charge in [-0.3, -0.25) is 19.6 Å². The Balaban J connectivity index is 2.38. The van der Waals surface area contributed by atoms with E-state index in [1.807, 2.05) is 6.92 Å². The molecule has 0 spiro atoms. The molecule has 0 aliphatic carbocycles. The van der Waals surface area contributed by atoms with Crippen LogP contribution in [0.5, 0.6) is 0 Å². The highest BCUT2D eigenvalue weighted by molar-refractivity contribution is 5.96. The Kier molecular flexibility index (Phi) is 3.55. The highest BCUT2D eigenvalue weighted by Crippen LogP contribution is 2.26. The average Bonchev–Trinajstić information content (AvgIpc) is 2.66. The fourth-order valence-corrected chi connectivity index (χ4v) is 2.50. The van der Waals surface area contributed by atoms with Crippen molar-refractivity contribution in [2.75, 3.05) is 6.54 Å². The van der Waals surface area contributed by atoms with Crippen LogP contribution in [0.3, 0.4) is 0 Å². The highest BCUT2D eigenvalue weighted by Gasteiger charge is 2.34. The van der Waals surface area contributed by atoms with Crippen molar-refractivity contribution >= 4 is 11.6 Å². The van der Waals surface area contributed by atoms with E-state index in [0.717, 1.165) is 19.3 Å². The quantitative estimate of drug-likeness (QED) is 0.602. The zero-order valence-electron chi connectivity index (χ0n) is 11.4. The van der Waals surface area contributed by atoms with Crippen molar-refractivity contribution < 1.29 is 9.72 Å². The molecular formula is C12H18N4O3. The van der Waals surface area contributed by atoms with Gasteiger partial charge >= 0.3 is 5.69 Å². The molecule has 7 nitrogen and oxygen atoms in total. The summed E-state index contributed by atoms with van der Waals surface area (Å²) in [6.45, 7) is 4.22. The summed E-state index contributed by atoms with van der Waals surface area (Å²) in [7, 11) is 1.61. The molecule has 0 N–H and O–H groups in total. The molecule has 0 aromatic carbocycles. The first-order valence-electron chi connectivity index (χ1n) is 6.42. The number of carbonyl (C=O) groups is 1. The number of amides is 1. The van der Waals surface area contributed by atoms with Gasteiger partial charge in [-0.05, 0) is 33.1 Å². The predicted octanol–water partition coefficient (Wildman–Crippen LogP) is 1.65. The molecule has 0 saturated carbocycles. The van der Waals surface area contributed by atoms with Gasteiger partial charge in [-0.2, -0.15) is 5.10 Å². The van der Waals surface area contributed by atoms with E-state index in [4.69, 9.17) is 0 Å². The van der Waals surface area contributed by atoms with E-state index in [1.165, 1.54) is 4.68 Å². The standard InChI is InChI=1S/C12H18N4O3/c1-8-6-4-5-7-15(8)12(17)10-11(16(18)19)9(2)14(3)13-10/h8H,4-7H2,1-3H3/t8-/m0/s1. The first kappa shape index (κ1) is 13.5. The maximum absolute atomic E-state index is 12.4. The number of aromatic nitrogens is 2. The molecule has 0 radical (unpaired) electrons. The van der Waals surface area contributed by atoms with Gasteiger partial charge in [0.25, 0.3) is 5.91 Å². The molecule has 1 atom stereocenters. The zero-order valence-corrected chi connectivity index (χ0v) is 11.4.